The largest absolute Gasteiger partial charge is 0.497 e. The number of carbonyl (C=O) groups excluding carboxylic acids is 1. The molecule has 7 nitrogen and oxygen atoms in total. The lowest BCUT2D eigenvalue weighted by Gasteiger charge is -2.31. The summed E-state index contributed by atoms with van der Waals surface area (Å²) in [6.45, 7) is 0.782. The van der Waals surface area contributed by atoms with Crippen LogP contribution in [0.2, 0.25) is 0 Å². The molecule has 6 rings (SSSR count). The normalized spacial score (nSPS) is 17.4. The van der Waals surface area contributed by atoms with Gasteiger partial charge in [0.05, 0.1) is 24.2 Å². The summed E-state index contributed by atoms with van der Waals surface area (Å²) in [6.07, 6.45) is 13.5. The van der Waals surface area contributed by atoms with E-state index in [1.54, 1.807) is 60.5 Å². The number of hydrogen-bond donors (Lipinski definition) is 0. The smallest absolute Gasteiger partial charge is 0.410 e. The maximum absolute atomic E-state index is 15.9. The lowest BCUT2D eigenvalue weighted by atomic mass is 9.98. The number of amides is 1. The number of fused-ring (bicyclic) bond motifs is 1. The number of halogens is 1. The van der Waals surface area contributed by atoms with E-state index < -0.39 is 15.8 Å². The minimum Gasteiger partial charge on any atom is -0.497 e. The SMILES string of the molecule is COc1ccc(CN(c2ccc(CCCC3CCCC3)cc2F)S(=O)(=O)c2ccc3c(c2)CCN(C(=O)OC2CCCCC2)C3)cc1. The lowest BCUT2D eigenvalue weighted by molar-refractivity contribution is 0.0429. The Bertz CT molecular complexity index is 1630. The van der Waals surface area contributed by atoms with Crippen molar-refractivity contribution in [2.24, 2.45) is 5.92 Å². The Hall–Kier alpha value is -3.59. The molecule has 3 aliphatic rings. The number of rotatable bonds is 11. The van der Waals surface area contributed by atoms with Crippen LogP contribution in [0.5, 0.6) is 5.75 Å². The van der Waals surface area contributed by atoms with Gasteiger partial charge in [0.2, 0.25) is 0 Å². The van der Waals surface area contributed by atoms with Crippen LogP contribution in [-0.2, 0) is 40.7 Å². The number of benzene rings is 3. The highest BCUT2D eigenvalue weighted by molar-refractivity contribution is 7.92. The van der Waals surface area contributed by atoms with Crippen LogP contribution in [0, 0.1) is 11.7 Å². The van der Waals surface area contributed by atoms with Crippen LogP contribution in [0.3, 0.4) is 0 Å². The molecule has 0 N–H and O–H groups in total. The molecule has 0 unspecified atom stereocenters. The minimum atomic E-state index is -4.16. The van der Waals surface area contributed by atoms with E-state index in [1.165, 1.54) is 42.5 Å². The van der Waals surface area contributed by atoms with Gasteiger partial charge in [0.1, 0.15) is 17.7 Å². The molecule has 2 fully saturated rings. The molecule has 47 heavy (non-hydrogen) atoms. The van der Waals surface area contributed by atoms with Crippen LogP contribution in [0.15, 0.2) is 65.6 Å². The van der Waals surface area contributed by atoms with Crippen molar-refractivity contribution in [3.05, 3.63) is 88.7 Å². The maximum atomic E-state index is 15.9. The quantitative estimate of drug-likeness (QED) is 0.206. The van der Waals surface area contributed by atoms with E-state index in [-0.39, 0.29) is 29.3 Å². The second-order valence-corrected chi connectivity index (χ2v) is 15.3. The Morgan fingerprint density at radius 2 is 1.62 bits per heavy atom. The first-order valence-electron chi connectivity index (χ1n) is 17.3. The molecule has 3 aromatic rings. The number of hydrogen-bond acceptors (Lipinski definition) is 5. The summed E-state index contributed by atoms with van der Waals surface area (Å²) in [7, 11) is -2.58. The molecule has 2 aliphatic carbocycles. The van der Waals surface area contributed by atoms with Crippen molar-refractivity contribution >= 4 is 21.8 Å². The van der Waals surface area contributed by atoms with Gasteiger partial charge in [-0.05, 0) is 110 Å². The molecule has 0 bridgehead atoms. The van der Waals surface area contributed by atoms with E-state index in [0.717, 1.165) is 67.6 Å². The Morgan fingerprint density at radius 1 is 0.894 bits per heavy atom. The number of ether oxygens (including phenoxy) is 2. The lowest BCUT2D eigenvalue weighted by Crippen LogP contribution is -2.38. The Balaban J connectivity index is 1.22. The molecule has 0 aromatic heterocycles. The Labute approximate surface area is 279 Å². The third kappa shape index (κ3) is 8.11. The highest BCUT2D eigenvalue weighted by Crippen LogP contribution is 2.33. The topological polar surface area (TPSA) is 76.2 Å². The van der Waals surface area contributed by atoms with Crippen molar-refractivity contribution in [1.82, 2.24) is 4.90 Å². The molecule has 1 amide bonds. The molecule has 3 aromatic carbocycles. The van der Waals surface area contributed by atoms with Crippen LogP contribution < -0.4 is 9.04 Å². The van der Waals surface area contributed by atoms with Crippen LogP contribution in [-0.4, -0.2) is 39.2 Å². The summed E-state index contributed by atoms with van der Waals surface area (Å²) < 4.78 is 56.8. The van der Waals surface area contributed by atoms with Crippen LogP contribution in [0.25, 0.3) is 0 Å². The fraction of sp³-hybridized carbons (Fsp3) is 0.500. The van der Waals surface area contributed by atoms with Gasteiger partial charge in [0.25, 0.3) is 10.0 Å². The van der Waals surface area contributed by atoms with Crippen molar-refractivity contribution in [3.8, 4) is 5.75 Å². The fourth-order valence-electron chi connectivity index (χ4n) is 7.37. The minimum absolute atomic E-state index is 0.0202. The molecule has 0 radical (unpaired) electrons. The molecule has 0 saturated heterocycles. The molecule has 1 heterocycles. The predicted molar refractivity (Wildman–Crippen MR) is 182 cm³/mol. The molecular formula is C38H47FN2O5S. The van der Waals surface area contributed by atoms with Gasteiger partial charge < -0.3 is 14.4 Å². The third-order valence-corrected chi connectivity index (χ3v) is 11.9. The maximum Gasteiger partial charge on any atom is 0.410 e. The number of aryl methyl sites for hydroxylation is 1. The number of nitrogens with zero attached hydrogens (tertiary/aromatic N) is 2. The van der Waals surface area contributed by atoms with Gasteiger partial charge in [-0.1, -0.05) is 62.8 Å². The number of anilines is 1. The zero-order chi connectivity index (χ0) is 32.8. The van der Waals surface area contributed by atoms with E-state index in [0.29, 0.717) is 30.8 Å². The molecule has 0 atom stereocenters. The van der Waals surface area contributed by atoms with Crippen molar-refractivity contribution in [2.75, 3.05) is 18.0 Å². The summed E-state index contributed by atoms with van der Waals surface area (Å²) in [4.78, 5) is 14.7. The van der Waals surface area contributed by atoms with Crippen molar-refractivity contribution in [3.63, 3.8) is 0 Å². The highest BCUT2D eigenvalue weighted by Gasteiger charge is 2.31. The fourth-order valence-corrected chi connectivity index (χ4v) is 8.88. The van der Waals surface area contributed by atoms with Gasteiger partial charge in [-0.3, -0.25) is 4.31 Å². The van der Waals surface area contributed by atoms with E-state index >= 15 is 4.39 Å². The summed E-state index contributed by atoms with van der Waals surface area (Å²) in [5.74, 6) is 0.882. The first-order valence-corrected chi connectivity index (χ1v) is 18.8. The van der Waals surface area contributed by atoms with E-state index in [2.05, 4.69) is 0 Å². The average Bonchev–Trinajstić information content (AvgIpc) is 3.61. The van der Waals surface area contributed by atoms with E-state index in [4.69, 9.17) is 9.47 Å². The van der Waals surface area contributed by atoms with Crippen LogP contribution in [0.4, 0.5) is 14.9 Å². The Morgan fingerprint density at radius 3 is 2.34 bits per heavy atom. The zero-order valence-electron chi connectivity index (χ0n) is 27.5. The summed E-state index contributed by atoms with van der Waals surface area (Å²) >= 11 is 0. The standard InChI is InChI=1S/C38H47FN2O5S/c1-45-33-18-14-30(15-19-33)26-41(37-21-16-29(24-36(37)39)11-7-10-28-8-5-6-9-28)47(43,44)35-20-17-32-27-40(23-22-31(32)25-35)38(42)46-34-12-3-2-4-13-34/h14-21,24-25,28,34H,2-13,22-23,26-27H2,1H3. The number of sulfonamides is 1. The zero-order valence-corrected chi connectivity index (χ0v) is 28.3. The van der Waals surface area contributed by atoms with Gasteiger partial charge >= 0.3 is 6.09 Å². The second kappa shape index (κ2) is 15.1. The summed E-state index contributed by atoms with van der Waals surface area (Å²) in [5.41, 5.74) is 3.38. The molecule has 1 aliphatic heterocycles. The first kappa shape index (κ1) is 33.3. The molecular weight excluding hydrogens is 615 g/mol. The van der Waals surface area contributed by atoms with E-state index in [1.807, 2.05) is 6.07 Å². The molecule has 9 heteroatoms. The monoisotopic (exact) mass is 662 g/mol. The molecule has 252 valence electrons. The third-order valence-electron chi connectivity index (χ3n) is 10.2. The van der Waals surface area contributed by atoms with Gasteiger partial charge in [-0.2, -0.15) is 0 Å². The van der Waals surface area contributed by atoms with Crippen molar-refractivity contribution < 1.29 is 27.1 Å². The van der Waals surface area contributed by atoms with Crippen molar-refractivity contribution in [2.45, 2.75) is 108 Å². The van der Waals surface area contributed by atoms with Crippen molar-refractivity contribution in [1.29, 1.82) is 0 Å². The molecule has 2 saturated carbocycles. The predicted octanol–water partition coefficient (Wildman–Crippen LogP) is 8.57. The molecule has 0 spiro atoms. The first-order chi connectivity index (χ1) is 22.8. The Kier molecular flexibility index (Phi) is 10.7. The van der Waals surface area contributed by atoms with Gasteiger partial charge in [-0.15, -0.1) is 0 Å². The van der Waals surface area contributed by atoms with E-state index in [9.17, 15) is 13.2 Å². The van der Waals surface area contributed by atoms with Crippen LogP contribution in [0.1, 0.15) is 92.9 Å². The summed E-state index contributed by atoms with van der Waals surface area (Å²) in [5, 5.41) is 0. The number of carbonyl (C=O) groups is 1. The number of methoxy groups -OCH3 is 1. The van der Waals surface area contributed by atoms with Gasteiger partial charge in [0.15, 0.2) is 0 Å². The summed E-state index contributed by atoms with van der Waals surface area (Å²) in [6, 6.07) is 17.1. The van der Waals surface area contributed by atoms with Gasteiger partial charge in [-0.25, -0.2) is 17.6 Å². The van der Waals surface area contributed by atoms with Crippen LogP contribution >= 0.6 is 0 Å². The highest BCUT2D eigenvalue weighted by atomic mass is 32.2. The second-order valence-electron chi connectivity index (χ2n) is 13.4. The average molecular weight is 663 g/mol. The van der Waals surface area contributed by atoms with Gasteiger partial charge in [0, 0.05) is 13.1 Å².